The van der Waals surface area contributed by atoms with E-state index in [0.717, 1.165) is 0 Å². The van der Waals surface area contributed by atoms with Gasteiger partial charge in [0.05, 0.1) is 0 Å². The summed E-state index contributed by atoms with van der Waals surface area (Å²) in [7, 11) is 1.24. The molecule has 0 fully saturated rings. The van der Waals surface area contributed by atoms with Gasteiger partial charge in [-0.3, -0.25) is 4.79 Å². The molecule has 0 aliphatic heterocycles. The largest absolute Gasteiger partial charge is 0.541 e. The zero-order chi connectivity index (χ0) is 6.78. The van der Waals surface area contributed by atoms with E-state index in [4.69, 9.17) is 5.11 Å². The van der Waals surface area contributed by atoms with Crippen molar-refractivity contribution in [3.8, 4) is 0 Å². The van der Waals surface area contributed by atoms with Crippen molar-refractivity contribution in [3.05, 3.63) is 0 Å². The van der Waals surface area contributed by atoms with Gasteiger partial charge in [-0.1, -0.05) is 0 Å². The third-order valence-corrected chi connectivity index (χ3v) is 0.685. The van der Waals surface area contributed by atoms with Crippen molar-refractivity contribution in [2.45, 2.75) is 19.4 Å². The Morgan fingerprint density at radius 1 is 1.75 bits per heavy atom. The van der Waals surface area contributed by atoms with Crippen LogP contribution in [0.25, 0.3) is 0 Å². The van der Waals surface area contributed by atoms with Crippen molar-refractivity contribution in [2.24, 2.45) is 0 Å². The molecule has 0 atom stereocenters. The summed E-state index contributed by atoms with van der Waals surface area (Å²) in [6.07, 6.45) is 0. The molecule has 0 rings (SSSR count). The van der Waals surface area contributed by atoms with E-state index in [9.17, 15) is 4.79 Å². The second-order valence-corrected chi connectivity index (χ2v) is 2.05. The Balaban J connectivity index is 3.82. The van der Waals surface area contributed by atoms with E-state index < -0.39 is 11.6 Å². The van der Waals surface area contributed by atoms with Crippen LogP contribution in [0.2, 0.25) is 0 Å². The Labute approximate surface area is 49.1 Å². The molecule has 0 bridgehead atoms. The number of rotatable bonds is 1. The SMILES string of the molecule is BOC(=O)C(C)(C)O. The lowest BCUT2D eigenvalue weighted by Crippen LogP contribution is -2.32. The molecule has 0 aliphatic carbocycles. The van der Waals surface area contributed by atoms with Gasteiger partial charge in [-0.05, 0) is 13.8 Å². The van der Waals surface area contributed by atoms with Crippen molar-refractivity contribution < 1.29 is 14.6 Å². The van der Waals surface area contributed by atoms with E-state index in [0.29, 0.717) is 0 Å². The predicted molar refractivity (Wildman–Crippen MR) is 30.9 cm³/mol. The van der Waals surface area contributed by atoms with Gasteiger partial charge in [0, 0.05) is 0 Å². The highest BCUT2D eigenvalue weighted by Crippen LogP contribution is 2.00. The van der Waals surface area contributed by atoms with Crippen LogP contribution < -0.4 is 0 Å². The quantitative estimate of drug-likeness (QED) is 0.440. The second-order valence-electron chi connectivity index (χ2n) is 2.05. The fourth-order valence-electron chi connectivity index (χ4n) is 0.250. The summed E-state index contributed by atoms with van der Waals surface area (Å²) in [6, 6.07) is 0. The van der Waals surface area contributed by atoms with Crippen LogP contribution in [0.15, 0.2) is 0 Å². The van der Waals surface area contributed by atoms with E-state index in [2.05, 4.69) is 4.65 Å². The van der Waals surface area contributed by atoms with E-state index >= 15 is 0 Å². The van der Waals surface area contributed by atoms with Gasteiger partial charge in [0.1, 0.15) is 0 Å². The first-order valence-electron chi connectivity index (χ1n) is 2.29. The molecule has 3 nitrogen and oxygen atoms in total. The molecule has 0 aromatic carbocycles. The highest BCUT2D eigenvalue weighted by Gasteiger charge is 2.23. The lowest BCUT2D eigenvalue weighted by atomic mass is 10.1. The van der Waals surface area contributed by atoms with Gasteiger partial charge in [-0.25, -0.2) is 0 Å². The molecular weight excluding hydrogens is 107 g/mol. The second kappa shape index (κ2) is 2.18. The van der Waals surface area contributed by atoms with Gasteiger partial charge < -0.3 is 9.76 Å². The van der Waals surface area contributed by atoms with Crippen molar-refractivity contribution >= 4 is 14.0 Å². The molecule has 4 heteroatoms. The summed E-state index contributed by atoms with van der Waals surface area (Å²) in [6.45, 7) is 2.75. The van der Waals surface area contributed by atoms with Crippen LogP contribution in [-0.2, 0) is 9.45 Å². The molecule has 0 spiro atoms. The standard InChI is InChI=1S/C4H9BO3/c1-4(2,7)3(6)8-5/h7H,5H2,1-2H3. The minimum atomic E-state index is -1.35. The Morgan fingerprint density at radius 3 is 2.12 bits per heavy atom. The van der Waals surface area contributed by atoms with Crippen LogP contribution in [0.4, 0.5) is 0 Å². The summed E-state index contributed by atoms with van der Waals surface area (Å²) >= 11 is 0. The summed E-state index contributed by atoms with van der Waals surface area (Å²) in [5, 5.41) is 8.81. The molecule has 0 heterocycles. The molecule has 0 saturated carbocycles. The van der Waals surface area contributed by atoms with Crippen molar-refractivity contribution in [2.75, 3.05) is 0 Å². The molecule has 0 saturated heterocycles. The van der Waals surface area contributed by atoms with E-state index in [-0.39, 0.29) is 0 Å². The molecular formula is C4H9BO3. The summed E-state index contributed by atoms with van der Waals surface area (Å²) in [4.78, 5) is 10.4. The molecule has 0 radical (unpaired) electrons. The van der Waals surface area contributed by atoms with Crippen LogP contribution in [0, 0.1) is 0 Å². The summed E-state index contributed by atoms with van der Waals surface area (Å²) in [5.74, 6) is -0.613. The average Bonchev–Trinajstić information content (AvgIpc) is 1.62. The average molecular weight is 116 g/mol. The predicted octanol–water partition coefficient (Wildman–Crippen LogP) is -1.15. The normalized spacial score (nSPS) is 10.9. The van der Waals surface area contributed by atoms with Gasteiger partial charge in [-0.2, -0.15) is 0 Å². The first-order chi connectivity index (χ1) is 3.48. The summed E-state index contributed by atoms with van der Waals surface area (Å²) in [5.41, 5.74) is -1.35. The monoisotopic (exact) mass is 116 g/mol. The van der Waals surface area contributed by atoms with Gasteiger partial charge in [-0.15, -0.1) is 0 Å². The molecule has 0 aromatic rings. The first-order valence-corrected chi connectivity index (χ1v) is 2.29. The topological polar surface area (TPSA) is 46.5 Å². The number of aliphatic hydroxyl groups is 1. The number of carbonyl (C=O) groups excluding carboxylic acids is 1. The molecule has 46 valence electrons. The smallest absolute Gasteiger partial charge is 0.326 e. The molecule has 8 heavy (non-hydrogen) atoms. The van der Waals surface area contributed by atoms with Crippen LogP contribution in [-0.4, -0.2) is 24.7 Å². The highest BCUT2D eigenvalue weighted by molar-refractivity contribution is 6.06. The van der Waals surface area contributed by atoms with Crippen LogP contribution in [0.1, 0.15) is 13.8 Å². The van der Waals surface area contributed by atoms with Crippen LogP contribution >= 0.6 is 0 Å². The molecule has 0 aromatic heterocycles. The van der Waals surface area contributed by atoms with Crippen LogP contribution in [0.5, 0.6) is 0 Å². The lowest BCUT2D eigenvalue weighted by molar-refractivity contribution is -0.151. The van der Waals surface area contributed by atoms with Crippen molar-refractivity contribution in [1.29, 1.82) is 0 Å². The van der Waals surface area contributed by atoms with Gasteiger partial charge in [0.2, 0.25) is 0 Å². The fraction of sp³-hybridized carbons (Fsp3) is 0.750. The number of hydrogen-bond donors (Lipinski definition) is 1. The molecule has 1 N–H and O–H groups in total. The zero-order valence-electron chi connectivity index (χ0n) is 5.26. The fourth-order valence-corrected chi connectivity index (χ4v) is 0.250. The third kappa shape index (κ3) is 1.98. The highest BCUT2D eigenvalue weighted by atomic mass is 16.5. The minimum Gasteiger partial charge on any atom is -0.541 e. The van der Waals surface area contributed by atoms with E-state index in [1.165, 1.54) is 21.9 Å². The Kier molecular flexibility index (Phi) is 2.04. The molecule has 0 unspecified atom stereocenters. The number of hydrogen-bond acceptors (Lipinski definition) is 3. The first kappa shape index (κ1) is 7.49. The van der Waals surface area contributed by atoms with Gasteiger partial charge >= 0.3 is 14.0 Å². The third-order valence-electron chi connectivity index (χ3n) is 0.685. The maximum atomic E-state index is 10.4. The number of carbonyl (C=O) groups is 1. The maximum Gasteiger partial charge on any atom is 0.326 e. The Hall–Kier alpha value is -0.505. The maximum absolute atomic E-state index is 10.4. The van der Waals surface area contributed by atoms with Crippen molar-refractivity contribution in [1.82, 2.24) is 0 Å². The lowest BCUT2D eigenvalue weighted by Gasteiger charge is -2.12. The zero-order valence-corrected chi connectivity index (χ0v) is 5.26. The van der Waals surface area contributed by atoms with E-state index in [1.54, 1.807) is 0 Å². The summed E-state index contributed by atoms with van der Waals surface area (Å²) < 4.78 is 4.23. The van der Waals surface area contributed by atoms with Crippen LogP contribution in [0.3, 0.4) is 0 Å². The Morgan fingerprint density at radius 2 is 2.12 bits per heavy atom. The van der Waals surface area contributed by atoms with E-state index in [1.807, 2.05) is 0 Å². The Bertz CT molecular complexity index is 93.9. The van der Waals surface area contributed by atoms with Gasteiger partial charge in [0.25, 0.3) is 0 Å². The molecule has 0 amide bonds. The van der Waals surface area contributed by atoms with Crippen molar-refractivity contribution in [3.63, 3.8) is 0 Å². The molecule has 0 aliphatic rings. The van der Waals surface area contributed by atoms with Gasteiger partial charge in [0.15, 0.2) is 5.60 Å². The minimum absolute atomic E-state index is 0.613.